The summed E-state index contributed by atoms with van der Waals surface area (Å²) in [5.74, 6) is 1.39. The van der Waals surface area contributed by atoms with Gasteiger partial charge >= 0.3 is 5.97 Å². The lowest BCUT2D eigenvalue weighted by atomic mass is 10.2. The summed E-state index contributed by atoms with van der Waals surface area (Å²) in [6, 6.07) is 3.97. The van der Waals surface area contributed by atoms with Gasteiger partial charge in [-0.3, -0.25) is 4.79 Å². The molecule has 0 radical (unpaired) electrons. The van der Waals surface area contributed by atoms with Gasteiger partial charge in [-0.25, -0.2) is 0 Å². The van der Waals surface area contributed by atoms with E-state index >= 15 is 0 Å². The highest BCUT2D eigenvalue weighted by molar-refractivity contribution is 9.10. The van der Waals surface area contributed by atoms with Crippen LogP contribution in [0.4, 0.5) is 0 Å². The normalized spacial score (nSPS) is 12.5. The Morgan fingerprint density at radius 3 is 3.10 bits per heavy atom. The summed E-state index contributed by atoms with van der Waals surface area (Å²) in [4.78, 5) is 11.2. The van der Waals surface area contributed by atoms with Crippen LogP contribution in [0.2, 0.25) is 0 Å². The summed E-state index contributed by atoms with van der Waals surface area (Å²) in [7, 11) is 0. The van der Waals surface area contributed by atoms with Crippen molar-refractivity contribution in [3.63, 3.8) is 0 Å². The Labute approximate surface area is 126 Å². The van der Waals surface area contributed by atoms with Gasteiger partial charge in [0.25, 0.3) is 0 Å². The number of rotatable bonds is 7. The highest BCUT2D eigenvalue weighted by atomic mass is 79.9. The number of esters is 1. The minimum absolute atomic E-state index is 0.139. The molecule has 1 aromatic rings. The number of benzene rings is 1. The van der Waals surface area contributed by atoms with E-state index in [1.165, 1.54) is 0 Å². The van der Waals surface area contributed by atoms with Crippen LogP contribution < -0.4 is 14.8 Å². The van der Waals surface area contributed by atoms with Crippen LogP contribution in [0.1, 0.15) is 25.3 Å². The Balaban J connectivity index is 1.72. The van der Waals surface area contributed by atoms with Gasteiger partial charge in [0.2, 0.25) is 6.79 Å². The van der Waals surface area contributed by atoms with Crippen LogP contribution in [-0.4, -0.2) is 25.9 Å². The standard InChI is InChI=1S/C14H18BrNO4/c1-2-18-13(17)4-3-5-16-8-10-6-11(15)14-12(7-10)19-9-20-14/h6-7,16H,2-5,8-9H2,1H3. The Hall–Kier alpha value is -1.27. The molecule has 20 heavy (non-hydrogen) atoms. The molecule has 0 unspecified atom stereocenters. The van der Waals surface area contributed by atoms with Crippen LogP contribution in [0.25, 0.3) is 0 Å². The number of hydrogen-bond acceptors (Lipinski definition) is 5. The first-order chi connectivity index (χ1) is 9.70. The van der Waals surface area contributed by atoms with Crippen LogP contribution in [0, 0.1) is 0 Å². The van der Waals surface area contributed by atoms with Crippen LogP contribution in [-0.2, 0) is 16.1 Å². The number of fused-ring (bicyclic) bond motifs is 1. The Kier molecular flexibility index (Phi) is 5.67. The fraction of sp³-hybridized carbons (Fsp3) is 0.500. The predicted octanol–water partition coefficient (Wildman–Crippen LogP) is 2.61. The molecule has 2 rings (SSSR count). The van der Waals surface area contributed by atoms with Gasteiger partial charge in [-0.1, -0.05) is 0 Å². The lowest BCUT2D eigenvalue weighted by Crippen LogP contribution is -2.16. The molecular weight excluding hydrogens is 326 g/mol. The first-order valence-corrected chi connectivity index (χ1v) is 7.44. The van der Waals surface area contributed by atoms with Gasteiger partial charge in [0, 0.05) is 13.0 Å². The van der Waals surface area contributed by atoms with E-state index in [0.717, 1.165) is 41.0 Å². The van der Waals surface area contributed by atoms with E-state index in [1.807, 2.05) is 19.1 Å². The number of ether oxygens (including phenoxy) is 3. The molecule has 1 aliphatic rings. The van der Waals surface area contributed by atoms with Crippen molar-refractivity contribution < 1.29 is 19.0 Å². The van der Waals surface area contributed by atoms with Crippen LogP contribution in [0.5, 0.6) is 11.5 Å². The molecule has 1 aromatic carbocycles. The molecule has 0 atom stereocenters. The lowest BCUT2D eigenvalue weighted by Gasteiger charge is -2.07. The van der Waals surface area contributed by atoms with E-state index in [1.54, 1.807) is 0 Å². The Morgan fingerprint density at radius 1 is 1.45 bits per heavy atom. The number of carbonyl (C=O) groups excluding carboxylic acids is 1. The van der Waals surface area contributed by atoms with Crippen molar-refractivity contribution >= 4 is 21.9 Å². The van der Waals surface area contributed by atoms with Gasteiger partial charge in [-0.15, -0.1) is 0 Å². The fourth-order valence-electron chi connectivity index (χ4n) is 1.95. The van der Waals surface area contributed by atoms with E-state index in [0.29, 0.717) is 13.0 Å². The third-order valence-corrected chi connectivity index (χ3v) is 3.44. The average molecular weight is 344 g/mol. The van der Waals surface area contributed by atoms with Crippen molar-refractivity contribution in [1.29, 1.82) is 0 Å². The molecule has 1 aliphatic heterocycles. The molecule has 1 N–H and O–H groups in total. The van der Waals surface area contributed by atoms with Gasteiger partial charge in [0.05, 0.1) is 11.1 Å². The molecule has 6 heteroatoms. The van der Waals surface area contributed by atoms with E-state index < -0.39 is 0 Å². The molecule has 0 saturated carbocycles. The highest BCUT2D eigenvalue weighted by Gasteiger charge is 2.17. The van der Waals surface area contributed by atoms with Gasteiger partial charge in [-0.05, 0) is 53.5 Å². The van der Waals surface area contributed by atoms with Crippen molar-refractivity contribution in [2.75, 3.05) is 19.9 Å². The first kappa shape index (κ1) is 15.1. The Morgan fingerprint density at radius 2 is 2.30 bits per heavy atom. The third kappa shape index (κ3) is 4.11. The zero-order valence-corrected chi connectivity index (χ0v) is 13.0. The lowest BCUT2D eigenvalue weighted by molar-refractivity contribution is -0.143. The SMILES string of the molecule is CCOC(=O)CCCNCc1cc(Br)c2c(c1)OCO2. The molecule has 0 fully saturated rings. The summed E-state index contributed by atoms with van der Waals surface area (Å²) >= 11 is 3.46. The second-order valence-corrected chi connectivity index (χ2v) is 5.25. The van der Waals surface area contributed by atoms with Gasteiger partial charge in [-0.2, -0.15) is 0 Å². The smallest absolute Gasteiger partial charge is 0.305 e. The number of hydrogen-bond donors (Lipinski definition) is 1. The quantitative estimate of drug-likeness (QED) is 0.609. The van der Waals surface area contributed by atoms with Gasteiger partial charge in [0.15, 0.2) is 11.5 Å². The maximum absolute atomic E-state index is 11.2. The minimum Gasteiger partial charge on any atom is -0.466 e. The van der Waals surface area contributed by atoms with E-state index in [-0.39, 0.29) is 12.8 Å². The van der Waals surface area contributed by atoms with Gasteiger partial charge < -0.3 is 19.5 Å². The average Bonchev–Trinajstić information content (AvgIpc) is 2.87. The predicted molar refractivity (Wildman–Crippen MR) is 77.8 cm³/mol. The summed E-state index contributed by atoms with van der Waals surface area (Å²) in [5, 5.41) is 3.29. The zero-order chi connectivity index (χ0) is 14.4. The van der Waals surface area contributed by atoms with Crippen LogP contribution in [0.15, 0.2) is 16.6 Å². The third-order valence-electron chi connectivity index (χ3n) is 2.86. The maximum atomic E-state index is 11.2. The summed E-state index contributed by atoms with van der Waals surface area (Å²) in [6.07, 6.45) is 1.22. The maximum Gasteiger partial charge on any atom is 0.305 e. The number of halogens is 1. The van der Waals surface area contributed by atoms with E-state index in [4.69, 9.17) is 14.2 Å². The van der Waals surface area contributed by atoms with Gasteiger partial charge in [0.1, 0.15) is 0 Å². The number of carbonyl (C=O) groups is 1. The minimum atomic E-state index is -0.139. The molecule has 0 amide bonds. The first-order valence-electron chi connectivity index (χ1n) is 6.65. The van der Waals surface area contributed by atoms with E-state index in [2.05, 4.69) is 21.2 Å². The van der Waals surface area contributed by atoms with E-state index in [9.17, 15) is 4.79 Å². The zero-order valence-electron chi connectivity index (χ0n) is 11.4. The highest BCUT2D eigenvalue weighted by Crippen LogP contribution is 2.39. The van der Waals surface area contributed by atoms with Crippen LogP contribution in [0.3, 0.4) is 0 Å². The second kappa shape index (κ2) is 7.50. The summed E-state index contributed by atoms with van der Waals surface area (Å²) in [5.41, 5.74) is 1.11. The monoisotopic (exact) mass is 343 g/mol. The molecule has 110 valence electrons. The molecule has 0 bridgehead atoms. The second-order valence-electron chi connectivity index (χ2n) is 4.40. The molecular formula is C14H18BrNO4. The molecule has 0 saturated heterocycles. The summed E-state index contributed by atoms with van der Waals surface area (Å²) in [6.45, 7) is 4.01. The number of nitrogens with one attached hydrogen (secondary N) is 1. The van der Waals surface area contributed by atoms with Crippen molar-refractivity contribution in [1.82, 2.24) is 5.32 Å². The molecule has 1 heterocycles. The largest absolute Gasteiger partial charge is 0.466 e. The fourth-order valence-corrected chi connectivity index (χ4v) is 2.55. The van der Waals surface area contributed by atoms with Crippen molar-refractivity contribution in [3.05, 3.63) is 22.2 Å². The molecule has 0 spiro atoms. The topological polar surface area (TPSA) is 56.8 Å². The summed E-state index contributed by atoms with van der Waals surface area (Å²) < 4.78 is 16.5. The Bertz CT molecular complexity index is 478. The van der Waals surface area contributed by atoms with Crippen molar-refractivity contribution in [3.8, 4) is 11.5 Å². The molecule has 0 aromatic heterocycles. The van der Waals surface area contributed by atoms with Crippen molar-refractivity contribution in [2.24, 2.45) is 0 Å². The van der Waals surface area contributed by atoms with Crippen LogP contribution >= 0.6 is 15.9 Å². The molecule has 5 nitrogen and oxygen atoms in total. The van der Waals surface area contributed by atoms with Crippen molar-refractivity contribution in [2.45, 2.75) is 26.3 Å². The molecule has 0 aliphatic carbocycles.